The summed E-state index contributed by atoms with van der Waals surface area (Å²) in [5.41, 5.74) is -0.543. The normalized spacial score (nSPS) is 29.8. The van der Waals surface area contributed by atoms with Crippen LogP contribution in [-0.4, -0.2) is 77.4 Å². The van der Waals surface area contributed by atoms with E-state index in [1.54, 1.807) is 42.4 Å². The van der Waals surface area contributed by atoms with E-state index < -0.39 is 35.6 Å². The average Bonchev–Trinajstić information content (AvgIpc) is 3.45. The second-order valence-electron chi connectivity index (χ2n) is 8.79. The number of aliphatic hydroxyl groups is 1. The number of hydrogen-bond acceptors (Lipinski definition) is 6. The molecule has 2 N–H and O–H groups in total. The number of fused-ring (bicyclic) bond motifs is 1. The van der Waals surface area contributed by atoms with Crippen LogP contribution in [0.25, 0.3) is 0 Å². The molecule has 0 aromatic heterocycles. The van der Waals surface area contributed by atoms with Gasteiger partial charge in [0.2, 0.25) is 5.91 Å². The summed E-state index contributed by atoms with van der Waals surface area (Å²) in [5, 5.41) is 19.0. The van der Waals surface area contributed by atoms with E-state index in [0.29, 0.717) is 37.1 Å². The molecule has 1 aromatic carbocycles. The van der Waals surface area contributed by atoms with Crippen molar-refractivity contribution in [2.45, 2.75) is 43.4 Å². The van der Waals surface area contributed by atoms with Crippen molar-refractivity contribution in [2.24, 2.45) is 11.8 Å². The van der Waals surface area contributed by atoms with Crippen LogP contribution in [0.2, 0.25) is 0 Å². The van der Waals surface area contributed by atoms with Gasteiger partial charge in [0.15, 0.2) is 0 Å². The van der Waals surface area contributed by atoms with Gasteiger partial charge in [-0.3, -0.25) is 14.4 Å². The third kappa shape index (κ3) is 3.69. The number of hydrogen-bond donors (Lipinski definition) is 2. The van der Waals surface area contributed by atoms with Crippen LogP contribution >= 0.6 is 0 Å². The Balaban J connectivity index is 1.73. The van der Waals surface area contributed by atoms with E-state index in [0.717, 1.165) is 0 Å². The first-order valence-electron chi connectivity index (χ1n) is 11.3. The van der Waals surface area contributed by atoms with Gasteiger partial charge < -0.3 is 29.5 Å². The molecule has 0 unspecified atom stereocenters. The largest absolute Gasteiger partial charge is 0.497 e. The summed E-state index contributed by atoms with van der Waals surface area (Å²) in [6.07, 6.45) is 2.97. The van der Waals surface area contributed by atoms with Crippen molar-refractivity contribution in [3.8, 4) is 5.75 Å². The number of aliphatic carboxylic acids is 1. The van der Waals surface area contributed by atoms with Gasteiger partial charge >= 0.3 is 5.97 Å². The highest BCUT2D eigenvalue weighted by Gasteiger charge is 2.74. The Morgan fingerprint density at radius 1 is 1.33 bits per heavy atom. The molecule has 3 aliphatic rings. The fraction of sp³-hybridized carbons (Fsp3) is 0.542. The number of ether oxygens (including phenoxy) is 2. The van der Waals surface area contributed by atoms with Gasteiger partial charge in [-0.05, 0) is 49.9 Å². The van der Waals surface area contributed by atoms with Crippen molar-refractivity contribution in [3.63, 3.8) is 0 Å². The number of carbonyl (C=O) groups is 3. The maximum Gasteiger partial charge on any atom is 0.310 e. The van der Waals surface area contributed by atoms with Crippen molar-refractivity contribution < 1.29 is 34.1 Å². The number of methoxy groups -OCH3 is 1. The number of nitrogens with zero attached hydrogens (tertiary/aromatic N) is 2. The fourth-order valence-corrected chi connectivity index (χ4v) is 5.71. The summed E-state index contributed by atoms with van der Waals surface area (Å²) in [7, 11) is 1.56. The Bertz CT molecular complexity index is 933. The number of aliphatic hydroxyl groups excluding tert-OH is 1. The minimum atomic E-state index is -1.16. The van der Waals surface area contributed by atoms with Crippen molar-refractivity contribution >= 4 is 23.5 Å². The first-order chi connectivity index (χ1) is 15.9. The predicted molar refractivity (Wildman–Crippen MR) is 119 cm³/mol. The lowest BCUT2D eigenvalue weighted by Crippen LogP contribution is -2.56. The number of benzene rings is 1. The van der Waals surface area contributed by atoms with E-state index in [4.69, 9.17) is 9.47 Å². The summed E-state index contributed by atoms with van der Waals surface area (Å²) in [5.74, 6) is -2.95. The van der Waals surface area contributed by atoms with E-state index in [-0.39, 0.29) is 31.5 Å². The number of carboxylic acid groups (broad SMARTS) is 1. The smallest absolute Gasteiger partial charge is 0.310 e. The van der Waals surface area contributed by atoms with Crippen LogP contribution in [0.5, 0.6) is 5.75 Å². The average molecular weight is 459 g/mol. The van der Waals surface area contributed by atoms with Crippen LogP contribution < -0.4 is 9.64 Å². The number of amides is 2. The first kappa shape index (κ1) is 23.3. The lowest BCUT2D eigenvalue weighted by atomic mass is 9.70. The molecular formula is C24H30N2O7. The molecule has 5 atom stereocenters. The third-order valence-electron chi connectivity index (χ3n) is 7.09. The minimum absolute atomic E-state index is 0.0278. The van der Waals surface area contributed by atoms with Crippen molar-refractivity contribution in [1.29, 1.82) is 0 Å². The predicted octanol–water partition coefficient (Wildman–Crippen LogP) is 1.45. The van der Waals surface area contributed by atoms with Crippen LogP contribution in [-0.2, 0) is 19.1 Å². The summed E-state index contributed by atoms with van der Waals surface area (Å²) in [6, 6.07) is 6.07. The third-order valence-corrected chi connectivity index (χ3v) is 7.09. The molecule has 1 spiro atoms. The first-order valence-corrected chi connectivity index (χ1v) is 11.3. The van der Waals surface area contributed by atoms with Crippen LogP contribution in [0.1, 0.15) is 25.7 Å². The Morgan fingerprint density at radius 2 is 2.06 bits per heavy atom. The van der Waals surface area contributed by atoms with Crippen molar-refractivity contribution in [3.05, 3.63) is 36.9 Å². The molecule has 178 valence electrons. The molecule has 3 heterocycles. The van der Waals surface area contributed by atoms with Gasteiger partial charge in [0.25, 0.3) is 5.91 Å². The lowest BCUT2D eigenvalue weighted by Gasteiger charge is -2.36. The van der Waals surface area contributed by atoms with Crippen LogP contribution in [0.4, 0.5) is 5.69 Å². The quantitative estimate of drug-likeness (QED) is 0.403. The van der Waals surface area contributed by atoms with E-state index in [2.05, 4.69) is 6.58 Å². The number of carbonyl (C=O) groups excluding carboxylic acids is 2. The minimum Gasteiger partial charge on any atom is -0.497 e. The molecule has 0 saturated carbocycles. The molecule has 33 heavy (non-hydrogen) atoms. The summed E-state index contributed by atoms with van der Waals surface area (Å²) in [4.78, 5) is 42.6. The molecule has 1 aromatic rings. The Morgan fingerprint density at radius 3 is 2.67 bits per heavy atom. The monoisotopic (exact) mass is 458 g/mol. The molecule has 3 saturated heterocycles. The van der Waals surface area contributed by atoms with E-state index in [9.17, 15) is 24.6 Å². The van der Waals surface area contributed by atoms with Crippen LogP contribution in [0, 0.1) is 11.8 Å². The molecular weight excluding hydrogens is 428 g/mol. The lowest BCUT2D eigenvalue weighted by molar-refractivity contribution is -0.149. The van der Waals surface area contributed by atoms with Crippen LogP contribution in [0.3, 0.4) is 0 Å². The van der Waals surface area contributed by atoms with E-state index in [1.807, 2.05) is 0 Å². The molecule has 2 bridgehead atoms. The summed E-state index contributed by atoms with van der Waals surface area (Å²) >= 11 is 0. The van der Waals surface area contributed by atoms with Gasteiger partial charge in [-0.15, -0.1) is 6.58 Å². The molecule has 3 aliphatic heterocycles. The van der Waals surface area contributed by atoms with Gasteiger partial charge in [-0.25, -0.2) is 0 Å². The second-order valence-corrected chi connectivity index (χ2v) is 8.79. The molecule has 2 amide bonds. The van der Waals surface area contributed by atoms with Gasteiger partial charge in [0, 0.05) is 25.4 Å². The maximum atomic E-state index is 14.1. The number of rotatable bonds is 10. The Labute approximate surface area is 192 Å². The van der Waals surface area contributed by atoms with E-state index in [1.165, 1.54) is 4.90 Å². The second kappa shape index (κ2) is 9.15. The highest BCUT2D eigenvalue weighted by molar-refractivity contribution is 6.04. The zero-order valence-corrected chi connectivity index (χ0v) is 18.7. The number of carboxylic acids is 1. The topological polar surface area (TPSA) is 117 Å². The van der Waals surface area contributed by atoms with Gasteiger partial charge in [-0.2, -0.15) is 0 Å². The van der Waals surface area contributed by atoms with Crippen molar-refractivity contribution in [2.75, 3.05) is 31.7 Å². The molecule has 4 rings (SSSR count). The molecule has 3 fully saturated rings. The molecule has 9 heteroatoms. The standard InChI is InChI=1S/C24H30N2O7/c1-3-12-25(15-6-8-16(32-2)9-7-15)22(29)20-24-11-10-17(33-24)18(23(30)31)19(24)21(28)26(20)13-4-5-14-27/h3,6-9,17-20,27H,1,4-5,10-14H2,2H3,(H,30,31)/t17-,18+,19+,20-,24+/m0/s1. The summed E-state index contributed by atoms with van der Waals surface area (Å²) in [6.45, 7) is 4.21. The van der Waals surface area contributed by atoms with Gasteiger partial charge in [0.1, 0.15) is 17.4 Å². The van der Waals surface area contributed by atoms with Crippen molar-refractivity contribution in [1.82, 2.24) is 4.90 Å². The van der Waals surface area contributed by atoms with Crippen LogP contribution in [0.15, 0.2) is 36.9 Å². The summed E-state index contributed by atoms with van der Waals surface area (Å²) < 4.78 is 11.4. The highest BCUT2D eigenvalue weighted by Crippen LogP contribution is 2.58. The maximum absolute atomic E-state index is 14.1. The van der Waals surface area contributed by atoms with Gasteiger partial charge in [-0.1, -0.05) is 6.08 Å². The number of likely N-dealkylation sites (tertiary alicyclic amines) is 1. The highest BCUT2D eigenvalue weighted by atomic mass is 16.5. The zero-order chi connectivity index (χ0) is 23.8. The number of anilines is 1. The molecule has 0 aliphatic carbocycles. The van der Waals surface area contributed by atoms with Gasteiger partial charge in [0.05, 0.1) is 25.0 Å². The Hall–Kier alpha value is -2.91. The zero-order valence-electron chi connectivity index (χ0n) is 18.7. The Kier molecular flexibility index (Phi) is 6.45. The number of unbranched alkanes of at least 4 members (excludes halogenated alkanes) is 1. The fourth-order valence-electron chi connectivity index (χ4n) is 5.71. The SMILES string of the molecule is C=CCN(C(=O)[C@@H]1N(CCCCO)C(=O)[C@H]2[C@H](C(=O)O)[C@@H]3CC[C@]12O3)c1ccc(OC)cc1. The molecule has 0 radical (unpaired) electrons. The van der Waals surface area contributed by atoms with E-state index >= 15 is 0 Å². The molecule has 9 nitrogen and oxygen atoms in total.